The van der Waals surface area contributed by atoms with E-state index < -0.39 is 0 Å². The van der Waals surface area contributed by atoms with Crippen molar-refractivity contribution in [1.29, 1.82) is 0 Å². The Morgan fingerprint density at radius 3 is 2.52 bits per heavy atom. The second-order valence-corrected chi connectivity index (χ2v) is 5.69. The molecule has 2 aromatic carbocycles. The number of aromatic nitrogens is 1. The van der Waals surface area contributed by atoms with Crippen LogP contribution in [0.3, 0.4) is 0 Å². The molecule has 0 unspecified atom stereocenters. The van der Waals surface area contributed by atoms with Crippen molar-refractivity contribution in [3.63, 3.8) is 0 Å². The lowest BCUT2D eigenvalue weighted by molar-refractivity contribution is -0.115. The van der Waals surface area contributed by atoms with E-state index in [-0.39, 0.29) is 11.7 Å². The van der Waals surface area contributed by atoms with Crippen LogP contribution < -0.4 is 10.6 Å². The largest absolute Gasteiger partial charge is 0.338 e. The van der Waals surface area contributed by atoms with Gasteiger partial charge in [0.2, 0.25) is 5.91 Å². The van der Waals surface area contributed by atoms with Gasteiger partial charge in [-0.1, -0.05) is 36.4 Å². The van der Waals surface area contributed by atoms with Crippen LogP contribution in [0.2, 0.25) is 0 Å². The minimum atomic E-state index is -0.347. The fraction of sp³-hybridized carbons (Fsp3) is 0.100. The predicted molar refractivity (Wildman–Crippen MR) is 97.4 cm³/mol. The van der Waals surface area contributed by atoms with Gasteiger partial charge in [0.25, 0.3) is 0 Å². The van der Waals surface area contributed by atoms with Crippen LogP contribution >= 0.6 is 0 Å². The van der Waals surface area contributed by atoms with Gasteiger partial charge in [0.1, 0.15) is 11.6 Å². The van der Waals surface area contributed by atoms with Gasteiger partial charge in [0, 0.05) is 0 Å². The van der Waals surface area contributed by atoms with Crippen molar-refractivity contribution in [1.82, 2.24) is 4.98 Å². The predicted octanol–water partition coefficient (Wildman–Crippen LogP) is 4.45. The molecule has 1 amide bonds. The average molecular weight is 335 g/mol. The zero-order valence-electron chi connectivity index (χ0n) is 13.8. The van der Waals surface area contributed by atoms with Crippen LogP contribution in [-0.4, -0.2) is 10.9 Å². The third-order valence-corrected chi connectivity index (χ3v) is 3.80. The number of pyridine rings is 1. The molecular weight excluding hydrogens is 317 g/mol. The van der Waals surface area contributed by atoms with Crippen LogP contribution in [-0.2, 0) is 11.2 Å². The van der Waals surface area contributed by atoms with Crippen LogP contribution in [0.4, 0.5) is 21.6 Å². The van der Waals surface area contributed by atoms with Crippen LogP contribution in [0.5, 0.6) is 0 Å². The molecule has 1 heterocycles. The van der Waals surface area contributed by atoms with Gasteiger partial charge in [0.05, 0.1) is 24.0 Å². The number of halogens is 1. The second-order valence-electron chi connectivity index (χ2n) is 5.69. The molecule has 0 fully saturated rings. The van der Waals surface area contributed by atoms with E-state index >= 15 is 0 Å². The van der Waals surface area contributed by atoms with Crippen LogP contribution in [0.1, 0.15) is 11.1 Å². The molecule has 1 aromatic heterocycles. The highest BCUT2D eigenvalue weighted by Gasteiger charge is 2.07. The monoisotopic (exact) mass is 335 g/mol. The summed E-state index contributed by atoms with van der Waals surface area (Å²) in [6.45, 7) is 1.98. The van der Waals surface area contributed by atoms with Gasteiger partial charge in [-0.3, -0.25) is 4.79 Å². The number of hydrogen-bond donors (Lipinski definition) is 2. The van der Waals surface area contributed by atoms with Gasteiger partial charge in [-0.15, -0.1) is 0 Å². The van der Waals surface area contributed by atoms with E-state index in [4.69, 9.17) is 0 Å². The number of nitrogens with zero attached hydrogens (tertiary/aromatic N) is 1. The van der Waals surface area contributed by atoms with Crippen molar-refractivity contribution >= 4 is 23.1 Å². The molecule has 0 aliphatic heterocycles. The molecule has 3 aromatic rings. The Kier molecular flexibility index (Phi) is 5.04. The first-order chi connectivity index (χ1) is 12.1. The maximum absolute atomic E-state index is 13.6. The number of carbonyl (C=O) groups excluding carboxylic acids is 1. The van der Waals surface area contributed by atoms with E-state index in [2.05, 4.69) is 15.6 Å². The number of benzene rings is 2. The SMILES string of the molecule is Cc1ccccc1CC(=O)Nc1ccc(Nc2ccccc2F)nc1. The van der Waals surface area contributed by atoms with Crippen molar-refractivity contribution in [3.05, 3.63) is 83.8 Å². The summed E-state index contributed by atoms with van der Waals surface area (Å²) in [5.41, 5.74) is 3.02. The Balaban J connectivity index is 1.62. The van der Waals surface area contributed by atoms with Crippen LogP contribution in [0.15, 0.2) is 66.9 Å². The number of rotatable bonds is 5. The van der Waals surface area contributed by atoms with Crippen molar-refractivity contribution < 1.29 is 9.18 Å². The number of hydrogen-bond acceptors (Lipinski definition) is 3. The molecule has 0 atom stereocenters. The Labute approximate surface area is 145 Å². The highest BCUT2D eigenvalue weighted by atomic mass is 19.1. The summed E-state index contributed by atoms with van der Waals surface area (Å²) < 4.78 is 13.6. The van der Waals surface area contributed by atoms with E-state index in [1.54, 1.807) is 36.5 Å². The van der Waals surface area contributed by atoms with Gasteiger partial charge in [0.15, 0.2) is 0 Å². The lowest BCUT2D eigenvalue weighted by Crippen LogP contribution is -2.15. The molecule has 0 saturated carbocycles. The Hall–Kier alpha value is -3.21. The number of carbonyl (C=O) groups is 1. The zero-order valence-corrected chi connectivity index (χ0v) is 13.8. The molecular formula is C20H18FN3O. The smallest absolute Gasteiger partial charge is 0.228 e. The lowest BCUT2D eigenvalue weighted by atomic mass is 10.1. The van der Waals surface area contributed by atoms with Crippen molar-refractivity contribution in [2.45, 2.75) is 13.3 Å². The topological polar surface area (TPSA) is 54.0 Å². The van der Waals surface area contributed by atoms with E-state index in [0.717, 1.165) is 11.1 Å². The summed E-state index contributed by atoms with van der Waals surface area (Å²) in [6, 6.07) is 17.6. The second kappa shape index (κ2) is 7.57. The summed E-state index contributed by atoms with van der Waals surface area (Å²) in [5, 5.41) is 5.72. The van der Waals surface area contributed by atoms with Gasteiger partial charge in [-0.05, 0) is 42.3 Å². The molecule has 3 rings (SSSR count). The summed E-state index contributed by atoms with van der Waals surface area (Å²) in [5.74, 6) is 0.0489. The van der Waals surface area contributed by atoms with E-state index in [1.165, 1.54) is 6.07 Å². The zero-order chi connectivity index (χ0) is 17.6. The van der Waals surface area contributed by atoms with Crippen molar-refractivity contribution in [2.75, 3.05) is 10.6 Å². The Morgan fingerprint density at radius 2 is 1.80 bits per heavy atom. The fourth-order valence-corrected chi connectivity index (χ4v) is 2.43. The number of amides is 1. The first kappa shape index (κ1) is 16.6. The summed E-state index contributed by atoms with van der Waals surface area (Å²) in [4.78, 5) is 16.4. The highest BCUT2D eigenvalue weighted by molar-refractivity contribution is 5.92. The minimum Gasteiger partial charge on any atom is -0.338 e. The quantitative estimate of drug-likeness (QED) is 0.724. The van der Waals surface area contributed by atoms with Crippen LogP contribution in [0, 0.1) is 12.7 Å². The Bertz CT molecular complexity index is 878. The third kappa shape index (κ3) is 4.41. The van der Waals surface area contributed by atoms with Crippen LogP contribution in [0.25, 0.3) is 0 Å². The molecule has 0 aliphatic rings. The molecule has 0 saturated heterocycles. The van der Waals surface area contributed by atoms with Gasteiger partial charge < -0.3 is 10.6 Å². The first-order valence-corrected chi connectivity index (χ1v) is 7.94. The maximum Gasteiger partial charge on any atom is 0.228 e. The number of aryl methyl sites for hydroxylation is 1. The molecule has 25 heavy (non-hydrogen) atoms. The summed E-state index contributed by atoms with van der Waals surface area (Å²) in [6.07, 6.45) is 1.85. The Morgan fingerprint density at radius 1 is 1.04 bits per heavy atom. The average Bonchev–Trinajstić information content (AvgIpc) is 2.61. The lowest BCUT2D eigenvalue weighted by Gasteiger charge is -2.09. The molecule has 0 bridgehead atoms. The van der Waals surface area contributed by atoms with Crippen molar-refractivity contribution in [3.8, 4) is 0 Å². The third-order valence-electron chi connectivity index (χ3n) is 3.80. The van der Waals surface area contributed by atoms with Crippen molar-refractivity contribution in [2.24, 2.45) is 0 Å². The molecule has 0 spiro atoms. The highest BCUT2D eigenvalue weighted by Crippen LogP contribution is 2.19. The number of anilines is 3. The maximum atomic E-state index is 13.6. The molecule has 0 aliphatic carbocycles. The number of para-hydroxylation sites is 1. The normalized spacial score (nSPS) is 10.3. The van der Waals surface area contributed by atoms with E-state index in [9.17, 15) is 9.18 Å². The minimum absolute atomic E-state index is 0.106. The fourth-order valence-electron chi connectivity index (χ4n) is 2.43. The summed E-state index contributed by atoms with van der Waals surface area (Å²) >= 11 is 0. The van der Waals surface area contributed by atoms with E-state index in [1.807, 2.05) is 31.2 Å². The van der Waals surface area contributed by atoms with Gasteiger partial charge in [-0.2, -0.15) is 0 Å². The van der Waals surface area contributed by atoms with E-state index in [0.29, 0.717) is 23.6 Å². The van der Waals surface area contributed by atoms with Gasteiger partial charge >= 0.3 is 0 Å². The molecule has 0 radical (unpaired) electrons. The molecule has 5 heteroatoms. The summed E-state index contributed by atoms with van der Waals surface area (Å²) in [7, 11) is 0. The first-order valence-electron chi connectivity index (χ1n) is 7.94. The van der Waals surface area contributed by atoms with Gasteiger partial charge in [-0.25, -0.2) is 9.37 Å². The standard InChI is InChI=1S/C20H18FN3O/c1-14-6-2-3-7-15(14)12-20(25)23-16-10-11-19(22-13-16)24-18-9-5-4-8-17(18)21/h2-11,13H,12H2,1H3,(H,22,24)(H,23,25). The number of nitrogens with one attached hydrogen (secondary N) is 2. The molecule has 4 nitrogen and oxygen atoms in total. The molecule has 2 N–H and O–H groups in total. The molecule has 126 valence electrons.